The molecular formula is C13H19N3O2. The Labute approximate surface area is 107 Å². The molecule has 5 heteroatoms. The van der Waals surface area contributed by atoms with Crippen molar-refractivity contribution < 1.29 is 9.59 Å². The van der Waals surface area contributed by atoms with Gasteiger partial charge in [0, 0.05) is 31.3 Å². The highest BCUT2D eigenvalue weighted by atomic mass is 16.2. The van der Waals surface area contributed by atoms with E-state index in [0.29, 0.717) is 17.8 Å². The summed E-state index contributed by atoms with van der Waals surface area (Å²) >= 11 is 0. The maximum absolute atomic E-state index is 11.9. The summed E-state index contributed by atoms with van der Waals surface area (Å²) in [6.07, 6.45) is 0.266. The van der Waals surface area contributed by atoms with E-state index in [4.69, 9.17) is 5.73 Å². The SMILES string of the molecule is CNC(=O)CCNC(=O)c1cc(N)c(C)cc1C. The average molecular weight is 249 g/mol. The number of hydrogen-bond acceptors (Lipinski definition) is 3. The van der Waals surface area contributed by atoms with Crippen LogP contribution in [-0.2, 0) is 4.79 Å². The number of aryl methyl sites for hydroxylation is 2. The van der Waals surface area contributed by atoms with Gasteiger partial charge < -0.3 is 16.4 Å². The molecule has 0 atom stereocenters. The zero-order valence-corrected chi connectivity index (χ0v) is 11.0. The number of anilines is 1. The fourth-order valence-corrected chi connectivity index (χ4v) is 1.62. The lowest BCUT2D eigenvalue weighted by atomic mass is 10.0. The van der Waals surface area contributed by atoms with Crippen LogP contribution in [0.25, 0.3) is 0 Å². The quantitative estimate of drug-likeness (QED) is 0.688. The number of benzene rings is 1. The van der Waals surface area contributed by atoms with Crippen LogP contribution in [0.2, 0.25) is 0 Å². The van der Waals surface area contributed by atoms with Gasteiger partial charge in [0.1, 0.15) is 0 Å². The first-order chi connectivity index (χ1) is 8.45. The van der Waals surface area contributed by atoms with Crippen LogP contribution >= 0.6 is 0 Å². The van der Waals surface area contributed by atoms with Gasteiger partial charge in [0.15, 0.2) is 0 Å². The smallest absolute Gasteiger partial charge is 0.251 e. The van der Waals surface area contributed by atoms with Crippen LogP contribution in [0, 0.1) is 13.8 Å². The summed E-state index contributed by atoms with van der Waals surface area (Å²) in [5, 5.41) is 5.19. The predicted octanol–water partition coefficient (Wildman–Crippen LogP) is 0.752. The molecule has 1 rings (SSSR count). The summed E-state index contributed by atoms with van der Waals surface area (Å²) in [5.74, 6) is -0.307. The summed E-state index contributed by atoms with van der Waals surface area (Å²) in [6.45, 7) is 4.07. The molecule has 0 bridgehead atoms. The second-order valence-corrected chi connectivity index (χ2v) is 4.20. The summed E-state index contributed by atoms with van der Waals surface area (Å²) < 4.78 is 0. The number of nitrogens with one attached hydrogen (secondary N) is 2. The van der Waals surface area contributed by atoms with E-state index >= 15 is 0 Å². The second-order valence-electron chi connectivity index (χ2n) is 4.20. The Morgan fingerprint density at radius 3 is 2.50 bits per heavy atom. The Bertz CT molecular complexity index is 470. The summed E-state index contributed by atoms with van der Waals surface area (Å²) in [4.78, 5) is 22.9. The number of nitrogens with two attached hydrogens (primary N) is 1. The number of hydrogen-bond donors (Lipinski definition) is 3. The minimum atomic E-state index is -0.205. The molecule has 18 heavy (non-hydrogen) atoms. The molecule has 0 aliphatic carbocycles. The normalized spacial score (nSPS) is 9.94. The first-order valence-electron chi connectivity index (χ1n) is 5.81. The van der Waals surface area contributed by atoms with Gasteiger partial charge in [-0.2, -0.15) is 0 Å². The number of carbonyl (C=O) groups is 2. The van der Waals surface area contributed by atoms with E-state index in [1.165, 1.54) is 0 Å². The van der Waals surface area contributed by atoms with Crippen LogP contribution in [0.4, 0.5) is 5.69 Å². The van der Waals surface area contributed by atoms with E-state index in [9.17, 15) is 9.59 Å². The molecule has 0 unspecified atom stereocenters. The van der Waals surface area contributed by atoms with E-state index in [2.05, 4.69) is 10.6 Å². The Kier molecular flexibility index (Phi) is 4.71. The topological polar surface area (TPSA) is 84.2 Å². The van der Waals surface area contributed by atoms with Crippen molar-refractivity contribution in [1.82, 2.24) is 10.6 Å². The molecule has 0 aromatic heterocycles. The standard InChI is InChI=1S/C13H19N3O2/c1-8-6-9(2)11(14)7-10(8)13(18)16-5-4-12(17)15-3/h6-7H,4-5,14H2,1-3H3,(H,15,17)(H,16,18). The fourth-order valence-electron chi connectivity index (χ4n) is 1.62. The molecule has 0 fully saturated rings. The van der Waals surface area contributed by atoms with Gasteiger partial charge in [0.05, 0.1) is 0 Å². The molecule has 0 radical (unpaired) electrons. The van der Waals surface area contributed by atoms with E-state index in [1.54, 1.807) is 13.1 Å². The predicted molar refractivity (Wildman–Crippen MR) is 71.3 cm³/mol. The molecule has 98 valence electrons. The highest BCUT2D eigenvalue weighted by Crippen LogP contribution is 2.17. The van der Waals surface area contributed by atoms with Crippen LogP contribution < -0.4 is 16.4 Å². The van der Waals surface area contributed by atoms with Crippen LogP contribution in [0.3, 0.4) is 0 Å². The van der Waals surface area contributed by atoms with Crippen molar-refractivity contribution in [3.63, 3.8) is 0 Å². The molecule has 1 aromatic rings. The van der Waals surface area contributed by atoms with Gasteiger partial charge in [-0.1, -0.05) is 6.07 Å². The van der Waals surface area contributed by atoms with E-state index < -0.39 is 0 Å². The lowest BCUT2D eigenvalue weighted by Crippen LogP contribution is -2.29. The third-order valence-electron chi connectivity index (χ3n) is 2.77. The van der Waals surface area contributed by atoms with Crippen LogP contribution in [0.15, 0.2) is 12.1 Å². The maximum Gasteiger partial charge on any atom is 0.251 e. The van der Waals surface area contributed by atoms with E-state index in [-0.39, 0.29) is 18.2 Å². The molecule has 0 aliphatic heterocycles. The van der Waals surface area contributed by atoms with Gasteiger partial charge in [-0.3, -0.25) is 9.59 Å². The second kappa shape index (κ2) is 6.05. The van der Waals surface area contributed by atoms with Crippen molar-refractivity contribution in [1.29, 1.82) is 0 Å². The fraction of sp³-hybridized carbons (Fsp3) is 0.385. The largest absolute Gasteiger partial charge is 0.398 e. The lowest BCUT2D eigenvalue weighted by Gasteiger charge is -2.10. The average Bonchev–Trinajstić information content (AvgIpc) is 2.33. The summed E-state index contributed by atoms with van der Waals surface area (Å²) in [7, 11) is 1.56. The van der Waals surface area contributed by atoms with Crippen molar-refractivity contribution in [2.45, 2.75) is 20.3 Å². The highest BCUT2D eigenvalue weighted by Gasteiger charge is 2.10. The number of carbonyl (C=O) groups excluding carboxylic acids is 2. The van der Waals surface area contributed by atoms with Gasteiger partial charge in [-0.25, -0.2) is 0 Å². The Hall–Kier alpha value is -2.04. The minimum Gasteiger partial charge on any atom is -0.398 e. The third kappa shape index (κ3) is 3.48. The molecule has 0 aliphatic rings. The summed E-state index contributed by atoms with van der Waals surface area (Å²) in [5.41, 5.74) is 8.75. The monoisotopic (exact) mass is 249 g/mol. The highest BCUT2D eigenvalue weighted by molar-refractivity contribution is 5.96. The number of nitrogen functional groups attached to an aromatic ring is 1. The first-order valence-corrected chi connectivity index (χ1v) is 5.81. The van der Waals surface area contributed by atoms with Crippen molar-refractivity contribution >= 4 is 17.5 Å². The molecule has 1 aromatic carbocycles. The van der Waals surface area contributed by atoms with Gasteiger partial charge in [-0.05, 0) is 31.0 Å². The molecule has 0 saturated carbocycles. The Morgan fingerprint density at radius 1 is 1.22 bits per heavy atom. The third-order valence-corrected chi connectivity index (χ3v) is 2.77. The molecule has 5 nitrogen and oxygen atoms in total. The Morgan fingerprint density at radius 2 is 1.89 bits per heavy atom. The molecule has 0 spiro atoms. The van der Waals surface area contributed by atoms with Crippen molar-refractivity contribution in [3.05, 3.63) is 28.8 Å². The zero-order chi connectivity index (χ0) is 13.7. The van der Waals surface area contributed by atoms with E-state index in [1.807, 2.05) is 19.9 Å². The van der Waals surface area contributed by atoms with Gasteiger partial charge in [-0.15, -0.1) is 0 Å². The number of amides is 2. The van der Waals surface area contributed by atoms with Crippen molar-refractivity contribution in [2.24, 2.45) is 0 Å². The zero-order valence-electron chi connectivity index (χ0n) is 11.0. The van der Waals surface area contributed by atoms with Gasteiger partial charge >= 0.3 is 0 Å². The molecule has 0 saturated heterocycles. The Balaban J connectivity index is 2.67. The van der Waals surface area contributed by atoms with Crippen LogP contribution in [0.1, 0.15) is 27.9 Å². The van der Waals surface area contributed by atoms with Gasteiger partial charge in [0.25, 0.3) is 5.91 Å². The van der Waals surface area contributed by atoms with Crippen molar-refractivity contribution in [3.8, 4) is 0 Å². The van der Waals surface area contributed by atoms with Crippen molar-refractivity contribution in [2.75, 3.05) is 19.3 Å². The molecular weight excluding hydrogens is 230 g/mol. The van der Waals surface area contributed by atoms with Crippen LogP contribution in [0.5, 0.6) is 0 Å². The molecule has 0 heterocycles. The summed E-state index contributed by atoms with van der Waals surface area (Å²) in [6, 6.07) is 3.54. The van der Waals surface area contributed by atoms with Gasteiger partial charge in [0.2, 0.25) is 5.91 Å². The number of rotatable bonds is 4. The van der Waals surface area contributed by atoms with Crippen LogP contribution in [-0.4, -0.2) is 25.4 Å². The lowest BCUT2D eigenvalue weighted by molar-refractivity contribution is -0.120. The first kappa shape index (κ1) is 14.0. The minimum absolute atomic E-state index is 0.101. The maximum atomic E-state index is 11.9. The molecule has 4 N–H and O–H groups in total. The molecule has 2 amide bonds. The van der Waals surface area contributed by atoms with E-state index in [0.717, 1.165) is 11.1 Å².